The summed E-state index contributed by atoms with van der Waals surface area (Å²) in [5, 5.41) is 26.9. The van der Waals surface area contributed by atoms with Gasteiger partial charge in [-0.2, -0.15) is 11.8 Å². The van der Waals surface area contributed by atoms with Gasteiger partial charge in [-0.05, 0) is 13.8 Å². The fourth-order valence-corrected chi connectivity index (χ4v) is 1.63. The molecule has 2 unspecified atom stereocenters. The summed E-state index contributed by atoms with van der Waals surface area (Å²) >= 11 is 1.41. The Morgan fingerprint density at radius 1 is 1.14 bits per heavy atom. The molecule has 2 atom stereocenters. The van der Waals surface area contributed by atoms with Crippen molar-refractivity contribution in [1.29, 1.82) is 0 Å². The van der Waals surface area contributed by atoms with Gasteiger partial charge in [0.05, 0.1) is 31.5 Å². The third-order valence-corrected chi connectivity index (χ3v) is 2.69. The van der Waals surface area contributed by atoms with E-state index in [-0.39, 0.29) is 12.7 Å². The SMILES string of the molecule is CC(C)OCC(O)CSCC(O)CO. The van der Waals surface area contributed by atoms with E-state index in [1.165, 1.54) is 11.8 Å². The Morgan fingerprint density at radius 3 is 2.21 bits per heavy atom. The van der Waals surface area contributed by atoms with Crippen molar-refractivity contribution in [3.63, 3.8) is 0 Å². The van der Waals surface area contributed by atoms with Crippen molar-refractivity contribution >= 4 is 11.8 Å². The minimum Gasteiger partial charge on any atom is -0.394 e. The van der Waals surface area contributed by atoms with Gasteiger partial charge >= 0.3 is 0 Å². The average molecular weight is 224 g/mol. The Hall–Kier alpha value is 0.190. The Labute approximate surface area is 89.3 Å². The van der Waals surface area contributed by atoms with E-state index in [9.17, 15) is 5.11 Å². The highest BCUT2D eigenvalue weighted by Crippen LogP contribution is 2.06. The Balaban J connectivity index is 3.30. The first-order valence-corrected chi connectivity index (χ1v) is 5.88. The summed E-state index contributed by atoms with van der Waals surface area (Å²) in [6.07, 6.45) is -1.08. The van der Waals surface area contributed by atoms with Crippen LogP contribution in [0.25, 0.3) is 0 Å². The van der Waals surface area contributed by atoms with Gasteiger partial charge in [0.25, 0.3) is 0 Å². The van der Waals surface area contributed by atoms with Gasteiger partial charge in [-0.15, -0.1) is 0 Å². The minimum atomic E-state index is -0.696. The van der Waals surface area contributed by atoms with Crippen LogP contribution in [-0.4, -0.2) is 58.4 Å². The van der Waals surface area contributed by atoms with Crippen LogP contribution < -0.4 is 0 Å². The molecule has 0 aliphatic heterocycles. The topological polar surface area (TPSA) is 69.9 Å². The molecule has 0 radical (unpaired) electrons. The number of ether oxygens (including phenoxy) is 1. The molecule has 0 amide bonds. The predicted octanol–water partition coefficient (Wildman–Crippen LogP) is -0.141. The third-order valence-electron chi connectivity index (χ3n) is 1.45. The molecule has 0 spiro atoms. The van der Waals surface area contributed by atoms with E-state index in [1.54, 1.807) is 0 Å². The molecular weight excluding hydrogens is 204 g/mol. The van der Waals surface area contributed by atoms with Crippen LogP contribution in [0.2, 0.25) is 0 Å². The number of thioether (sulfide) groups is 1. The van der Waals surface area contributed by atoms with Crippen LogP contribution in [0, 0.1) is 0 Å². The summed E-state index contributed by atoms with van der Waals surface area (Å²) < 4.78 is 5.21. The largest absolute Gasteiger partial charge is 0.394 e. The normalized spacial score (nSPS) is 15.9. The summed E-state index contributed by atoms with van der Waals surface area (Å²) in [6.45, 7) is 3.91. The maximum atomic E-state index is 9.39. The van der Waals surface area contributed by atoms with Gasteiger partial charge < -0.3 is 20.1 Å². The van der Waals surface area contributed by atoms with Crippen molar-refractivity contribution < 1.29 is 20.1 Å². The summed E-state index contributed by atoms with van der Waals surface area (Å²) in [7, 11) is 0. The second-order valence-corrected chi connectivity index (χ2v) is 4.48. The first kappa shape index (κ1) is 14.2. The van der Waals surface area contributed by atoms with Crippen molar-refractivity contribution in [2.75, 3.05) is 24.7 Å². The second-order valence-electron chi connectivity index (χ2n) is 3.41. The lowest BCUT2D eigenvalue weighted by molar-refractivity contribution is 0.0152. The molecule has 4 nitrogen and oxygen atoms in total. The first-order valence-electron chi connectivity index (χ1n) is 4.72. The molecule has 5 heteroatoms. The van der Waals surface area contributed by atoms with Crippen LogP contribution in [-0.2, 0) is 4.74 Å². The van der Waals surface area contributed by atoms with E-state index in [0.717, 1.165) is 0 Å². The standard InChI is InChI=1S/C9H20O4S/c1-7(2)13-4-9(12)6-14-5-8(11)3-10/h7-12H,3-6H2,1-2H3. The first-order chi connectivity index (χ1) is 6.56. The summed E-state index contributed by atoms with van der Waals surface area (Å²) in [6, 6.07) is 0. The highest BCUT2D eigenvalue weighted by Gasteiger charge is 2.08. The molecule has 0 heterocycles. The summed E-state index contributed by atoms with van der Waals surface area (Å²) in [4.78, 5) is 0. The zero-order valence-corrected chi connectivity index (χ0v) is 9.54. The highest BCUT2D eigenvalue weighted by atomic mass is 32.2. The van der Waals surface area contributed by atoms with E-state index < -0.39 is 12.2 Å². The Morgan fingerprint density at radius 2 is 1.71 bits per heavy atom. The number of hydrogen-bond acceptors (Lipinski definition) is 5. The van der Waals surface area contributed by atoms with Crippen LogP contribution in [0.4, 0.5) is 0 Å². The van der Waals surface area contributed by atoms with Crippen LogP contribution in [0.5, 0.6) is 0 Å². The fraction of sp³-hybridized carbons (Fsp3) is 1.00. The van der Waals surface area contributed by atoms with Gasteiger partial charge in [0.15, 0.2) is 0 Å². The molecule has 86 valence electrons. The van der Waals surface area contributed by atoms with E-state index in [4.69, 9.17) is 14.9 Å². The molecule has 0 rings (SSSR count). The molecule has 0 aromatic rings. The van der Waals surface area contributed by atoms with Crippen molar-refractivity contribution in [1.82, 2.24) is 0 Å². The van der Waals surface area contributed by atoms with Crippen LogP contribution in [0.3, 0.4) is 0 Å². The van der Waals surface area contributed by atoms with E-state index in [0.29, 0.717) is 18.1 Å². The molecule has 0 aromatic heterocycles. The van der Waals surface area contributed by atoms with Gasteiger partial charge in [-0.25, -0.2) is 0 Å². The Bertz CT molecular complexity index is 132. The highest BCUT2D eigenvalue weighted by molar-refractivity contribution is 7.99. The van der Waals surface area contributed by atoms with Gasteiger partial charge in [0, 0.05) is 11.5 Å². The van der Waals surface area contributed by atoms with Crippen LogP contribution in [0.1, 0.15) is 13.8 Å². The maximum absolute atomic E-state index is 9.39. The number of rotatable bonds is 8. The number of hydrogen-bond donors (Lipinski definition) is 3. The molecule has 0 saturated heterocycles. The van der Waals surface area contributed by atoms with Gasteiger partial charge in [0.2, 0.25) is 0 Å². The molecule has 3 N–H and O–H groups in total. The minimum absolute atomic E-state index is 0.123. The quantitative estimate of drug-likeness (QED) is 0.535. The number of aliphatic hydroxyl groups is 3. The zero-order valence-electron chi connectivity index (χ0n) is 8.72. The summed E-state index contributed by atoms with van der Waals surface area (Å²) in [5.74, 6) is 0.957. The van der Waals surface area contributed by atoms with Crippen LogP contribution in [0.15, 0.2) is 0 Å². The monoisotopic (exact) mass is 224 g/mol. The van der Waals surface area contributed by atoms with E-state index in [2.05, 4.69) is 0 Å². The van der Waals surface area contributed by atoms with Gasteiger partial charge in [-0.3, -0.25) is 0 Å². The van der Waals surface area contributed by atoms with Crippen LogP contribution >= 0.6 is 11.8 Å². The van der Waals surface area contributed by atoms with Gasteiger partial charge in [0.1, 0.15) is 0 Å². The fourth-order valence-electron chi connectivity index (χ4n) is 0.744. The molecule has 0 aliphatic carbocycles. The van der Waals surface area contributed by atoms with E-state index >= 15 is 0 Å². The molecule has 0 saturated carbocycles. The molecular formula is C9H20O4S. The van der Waals surface area contributed by atoms with Crippen molar-refractivity contribution in [3.05, 3.63) is 0 Å². The maximum Gasteiger partial charge on any atom is 0.0863 e. The summed E-state index contributed by atoms with van der Waals surface area (Å²) in [5.41, 5.74) is 0. The lowest BCUT2D eigenvalue weighted by atomic mass is 10.4. The van der Waals surface area contributed by atoms with Gasteiger partial charge in [-0.1, -0.05) is 0 Å². The van der Waals surface area contributed by atoms with E-state index in [1.807, 2.05) is 13.8 Å². The molecule has 0 bridgehead atoms. The lowest BCUT2D eigenvalue weighted by Crippen LogP contribution is -2.22. The third kappa shape index (κ3) is 8.77. The molecule has 0 fully saturated rings. The molecule has 14 heavy (non-hydrogen) atoms. The number of aliphatic hydroxyl groups excluding tert-OH is 3. The molecule has 0 aliphatic rings. The Kier molecular flexibility index (Phi) is 8.61. The lowest BCUT2D eigenvalue weighted by Gasteiger charge is -2.13. The zero-order chi connectivity index (χ0) is 11.0. The van der Waals surface area contributed by atoms with Crippen molar-refractivity contribution in [2.45, 2.75) is 32.2 Å². The smallest absolute Gasteiger partial charge is 0.0863 e. The average Bonchev–Trinajstić information content (AvgIpc) is 2.14. The second kappa shape index (κ2) is 8.49. The van der Waals surface area contributed by atoms with Crippen molar-refractivity contribution in [3.8, 4) is 0 Å². The molecule has 0 aromatic carbocycles. The van der Waals surface area contributed by atoms with Crippen molar-refractivity contribution in [2.24, 2.45) is 0 Å². The predicted molar refractivity (Wildman–Crippen MR) is 57.5 cm³/mol.